The quantitative estimate of drug-likeness (QED) is 0.859. The molecule has 21 heavy (non-hydrogen) atoms. The third-order valence-corrected chi connectivity index (χ3v) is 4.49. The van der Waals surface area contributed by atoms with E-state index in [1.54, 1.807) is 6.07 Å². The van der Waals surface area contributed by atoms with Crippen molar-refractivity contribution in [1.29, 1.82) is 0 Å². The van der Waals surface area contributed by atoms with E-state index in [4.69, 9.17) is 0 Å². The van der Waals surface area contributed by atoms with Crippen LogP contribution in [0.3, 0.4) is 0 Å². The Morgan fingerprint density at radius 1 is 1.38 bits per heavy atom. The number of carbonyl (C=O) groups excluding carboxylic acids is 2. The Balaban J connectivity index is 0.00000220. The summed E-state index contributed by atoms with van der Waals surface area (Å²) >= 11 is 1.41. The lowest BCUT2D eigenvalue weighted by Gasteiger charge is -2.31. The number of thiophene rings is 1. The summed E-state index contributed by atoms with van der Waals surface area (Å²) in [6.45, 7) is 2.02. The first-order valence-corrected chi connectivity index (χ1v) is 7.85. The number of halogens is 1. The van der Waals surface area contributed by atoms with Gasteiger partial charge in [0, 0.05) is 32.1 Å². The summed E-state index contributed by atoms with van der Waals surface area (Å²) in [5.74, 6) is 0.0349. The van der Waals surface area contributed by atoms with Crippen molar-refractivity contribution >= 4 is 35.6 Å². The molecule has 1 fully saturated rings. The first kappa shape index (κ1) is 17.9. The summed E-state index contributed by atoms with van der Waals surface area (Å²) in [4.78, 5) is 26.3. The third kappa shape index (κ3) is 5.30. The van der Waals surface area contributed by atoms with Crippen molar-refractivity contribution in [2.45, 2.75) is 25.3 Å². The van der Waals surface area contributed by atoms with Gasteiger partial charge in [-0.3, -0.25) is 9.59 Å². The number of likely N-dealkylation sites (tertiary alicyclic amines) is 1. The van der Waals surface area contributed by atoms with Crippen molar-refractivity contribution in [3.05, 3.63) is 22.4 Å². The van der Waals surface area contributed by atoms with Crippen LogP contribution in [0.4, 0.5) is 0 Å². The standard InChI is InChI=1S/C14H21N3O2S.ClH/c1-15-11-5-8-17(9-6-11)13(18)4-7-16-14(19)12-3-2-10-20-12;/h2-3,10-11,15H,4-9H2,1H3,(H,16,19);1H. The number of rotatable bonds is 5. The lowest BCUT2D eigenvalue weighted by Crippen LogP contribution is -2.44. The summed E-state index contributed by atoms with van der Waals surface area (Å²) in [6.07, 6.45) is 2.38. The molecule has 0 bridgehead atoms. The van der Waals surface area contributed by atoms with E-state index < -0.39 is 0 Å². The summed E-state index contributed by atoms with van der Waals surface area (Å²) in [5, 5.41) is 7.90. The molecule has 2 N–H and O–H groups in total. The van der Waals surface area contributed by atoms with Crippen LogP contribution in [0.2, 0.25) is 0 Å². The van der Waals surface area contributed by atoms with Gasteiger partial charge in [-0.25, -0.2) is 0 Å². The molecule has 2 heterocycles. The third-order valence-electron chi connectivity index (χ3n) is 3.63. The van der Waals surface area contributed by atoms with Crippen molar-refractivity contribution in [1.82, 2.24) is 15.5 Å². The minimum Gasteiger partial charge on any atom is -0.351 e. The molecule has 0 spiro atoms. The zero-order valence-electron chi connectivity index (χ0n) is 12.1. The van der Waals surface area contributed by atoms with Gasteiger partial charge in [-0.15, -0.1) is 23.7 Å². The van der Waals surface area contributed by atoms with Gasteiger partial charge < -0.3 is 15.5 Å². The molecule has 1 aromatic heterocycles. The average Bonchev–Trinajstić information content (AvgIpc) is 3.01. The van der Waals surface area contributed by atoms with Crippen LogP contribution in [0.25, 0.3) is 0 Å². The topological polar surface area (TPSA) is 61.4 Å². The molecule has 2 rings (SSSR count). The summed E-state index contributed by atoms with van der Waals surface area (Å²) in [5.41, 5.74) is 0. The molecule has 1 aliphatic heterocycles. The number of hydrogen-bond donors (Lipinski definition) is 2. The van der Waals surface area contributed by atoms with Gasteiger partial charge in [-0.1, -0.05) is 6.07 Å². The molecule has 1 aliphatic rings. The normalized spacial score (nSPS) is 15.4. The number of carbonyl (C=O) groups is 2. The van der Waals surface area contributed by atoms with Crippen LogP contribution < -0.4 is 10.6 Å². The number of hydrogen-bond acceptors (Lipinski definition) is 4. The van der Waals surface area contributed by atoms with Crippen LogP contribution in [-0.2, 0) is 4.79 Å². The van der Waals surface area contributed by atoms with Crippen LogP contribution in [0, 0.1) is 0 Å². The Morgan fingerprint density at radius 3 is 2.67 bits per heavy atom. The van der Waals surface area contributed by atoms with Crippen molar-refractivity contribution in [2.24, 2.45) is 0 Å². The Morgan fingerprint density at radius 2 is 2.10 bits per heavy atom. The molecule has 0 atom stereocenters. The highest BCUT2D eigenvalue weighted by Crippen LogP contribution is 2.11. The second kappa shape index (κ2) is 9.02. The highest BCUT2D eigenvalue weighted by Gasteiger charge is 2.21. The lowest BCUT2D eigenvalue weighted by atomic mass is 10.1. The first-order chi connectivity index (χ1) is 9.70. The van der Waals surface area contributed by atoms with E-state index >= 15 is 0 Å². The van der Waals surface area contributed by atoms with Gasteiger partial charge in [0.25, 0.3) is 5.91 Å². The van der Waals surface area contributed by atoms with E-state index in [-0.39, 0.29) is 24.2 Å². The van der Waals surface area contributed by atoms with Crippen molar-refractivity contribution in [3.63, 3.8) is 0 Å². The smallest absolute Gasteiger partial charge is 0.261 e. The average molecular weight is 332 g/mol. The van der Waals surface area contributed by atoms with Gasteiger partial charge in [0.15, 0.2) is 0 Å². The van der Waals surface area contributed by atoms with Crippen LogP contribution >= 0.6 is 23.7 Å². The number of piperidine rings is 1. The summed E-state index contributed by atoms with van der Waals surface area (Å²) in [7, 11) is 1.96. The van der Waals surface area contributed by atoms with E-state index in [0.717, 1.165) is 25.9 Å². The molecule has 1 saturated heterocycles. The van der Waals surface area contributed by atoms with E-state index in [0.29, 0.717) is 23.9 Å². The predicted octanol–water partition coefficient (Wildman–Crippen LogP) is 1.50. The molecule has 0 aliphatic carbocycles. The Labute approximate surface area is 135 Å². The minimum atomic E-state index is -0.0957. The van der Waals surface area contributed by atoms with Gasteiger partial charge in [0.05, 0.1) is 4.88 Å². The Kier molecular flexibility index (Phi) is 7.71. The van der Waals surface area contributed by atoms with E-state index in [2.05, 4.69) is 10.6 Å². The molecule has 118 valence electrons. The molecule has 2 amide bonds. The van der Waals surface area contributed by atoms with E-state index in [1.807, 2.05) is 23.4 Å². The molecule has 7 heteroatoms. The lowest BCUT2D eigenvalue weighted by molar-refractivity contribution is -0.132. The number of amides is 2. The van der Waals surface area contributed by atoms with Crippen LogP contribution in [-0.4, -0.2) is 49.4 Å². The zero-order valence-corrected chi connectivity index (χ0v) is 13.8. The van der Waals surface area contributed by atoms with Crippen molar-refractivity contribution in [3.8, 4) is 0 Å². The van der Waals surface area contributed by atoms with Crippen LogP contribution in [0.5, 0.6) is 0 Å². The van der Waals surface area contributed by atoms with Gasteiger partial charge in [0.1, 0.15) is 0 Å². The monoisotopic (exact) mass is 331 g/mol. The van der Waals surface area contributed by atoms with Gasteiger partial charge in [-0.2, -0.15) is 0 Å². The fourth-order valence-corrected chi connectivity index (χ4v) is 2.99. The molecular formula is C14H22ClN3O2S. The van der Waals surface area contributed by atoms with Gasteiger partial charge in [0.2, 0.25) is 5.91 Å². The largest absolute Gasteiger partial charge is 0.351 e. The maximum absolute atomic E-state index is 12.0. The van der Waals surface area contributed by atoms with Crippen molar-refractivity contribution in [2.75, 3.05) is 26.7 Å². The second-order valence-electron chi connectivity index (χ2n) is 4.93. The molecule has 0 aromatic carbocycles. The molecular weight excluding hydrogens is 310 g/mol. The maximum atomic E-state index is 12.0. The SMILES string of the molecule is CNC1CCN(C(=O)CCNC(=O)c2cccs2)CC1.Cl. The molecule has 0 saturated carbocycles. The van der Waals surface area contributed by atoms with E-state index in [1.165, 1.54) is 11.3 Å². The minimum absolute atomic E-state index is 0. The van der Waals surface area contributed by atoms with Gasteiger partial charge >= 0.3 is 0 Å². The number of nitrogens with zero attached hydrogens (tertiary/aromatic N) is 1. The Hall–Kier alpha value is -1.11. The summed E-state index contributed by atoms with van der Waals surface area (Å²) in [6, 6.07) is 4.15. The number of nitrogens with one attached hydrogen (secondary N) is 2. The second-order valence-corrected chi connectivity index (χ2v) is 5.87. The predicted molar refractivity (Wildman–Crippen MR) is 87.2 cm³/mol. The fraction of sp³-hybridized carbons (Fsp3) is 0.571. The molecule has 5 nitrogen and oxygen atoms in total. The van der Waals surface area contributed by atoms with E-state index in [9.17, 15) is 9.59 Å². The molecule has 1 aromatic rings. The molecule has 0 unspecified atom stereocenters. The zero-order chi connectivity index (χ0) is 14.4. The highest BCUT2D eigenvalue weighted by atomic mass is 35.5. The van der Waals surface area contributed by atoms with Crippen molar-refractivity contribution < 1.29 is 9.59 Å². The molecule has 0 radical (unpaired) electrons. The fourth-order valence-electron chi connectivity index (χ4n) is 2.35. The highest BCUT2D eigenvalue weighted by molar-refractivity contribution is 7.12. The Bertz CT molecular complexity index is 445. The maximum Gasteiger partial charge on any atom is 0.261 e. The van der Waals surface area contributed by atoms with Gasteiger partial charge in [-0.05, 0) is 31.3 Å². The van der Waals surface area contributed by atoms with Crippen LogP contribution in [0.15, 0.2) is 17.5 Å². The summed E-state index contributed by atoms with van der Waals surface area (Å²) < 4.78 is 0. The van der Waals surface area contributed by atoms with Crippen LogP contribution in [0.1, 0.15) is 28.9 Å². The first-order valence-electron chi connectivity index (χ1n) is 6.97.